The van der Waals surface area contributed by atoms with Crippen LogP contribution >= 0.6 is 21.6 Å². The van der Waals surface area contributed by atoms with E-state index in [9.17, 15) is 0 Å². The monoisotopic (exact) mass is 354 g/mol. The summed E-state index contributed by atoms with van der Waals surface area (Å²) in [6.45, 7) is 15.4. The Balaban J connectivity index is 3.57. The highest BCUT2D eigenvalue weighted by Gasteiger charge is 2.20. The van der Waals surface area contributed by atoms with Crippen LogP contribution in [0.1, 0.15) is 54.4 Å². The molecule has 0 fully saturated rings. The molecule has 2 nitrogen and oxygen atoms in total. The molecule has 0 N–H and O–H groups in total. The second-order valence-electron chi connectivity index (χ2n) is 6.75. The Bertz CT molecular complexity index is 215. The van der Waals surface area contributed by atoms with E-state index >= 15 is 0 Å². The third-order valence-corrected chi connectivity index (χ3v) is 9.10. The van der Waals surface area contributed by atoms with Crippen molar-refractivity contribution in [1.29, 1.82) is 0 Å². The summed E-state index contributed by atoms with van der Waals surface area (Å²) in [4.78, 5) is 0. The third kappa shape index (κ3) is 12.8. The van der Waals surface area contributed by atoms with Gasteiger partial charge in [0.2, 0.25) is 0 Å². The minimum Gasteiger partial charge on any atom is -0.424 e. The first-order chi connectivity index (χ1) is 9.33. The molecule has 0 radical (unpaired) electrons. The van der Waals surface area contributed by atoms with Crippen molar-refractivity contribution >= 4 is 41.1 Å². The van der Waals surface area contributed by atoms with Crippen LogP contribution in [0.4, 0.5) is 0 Å². The standard InChI is InChI=1S/C14H34O2S2Si2/c1-7-15-19-13(3,4)9-11-17-18-12-10-14(5,6)20-16-8-2/h7-12,19-20H2,1-6H3. The van der Waals surface area contributed by atoms with Gasteiger partial charge < -0.3 is 8.85 Å². The van der Waals surface area contributed by atoms with E-state index < -0.39 is 0 Å². The van der Waals surface area contributed by atoms with Crippen LogP contribution in [-0.4, -0.2) is 44.2 Å². The molecule has 6 heteroatoms. The van der Waals surface area contributed by atoms with E-state index in [2.05, 4.69) is 41.5 Å². The molecule has 0 amide bonds. The van der Waals surface area contributed by atoms with E-state index in [1.807, 2.05) is 21.6 Å². The molecule has 0 atom stereocenters. The zero-order valence-corrected chi connectivity index (χ0v) is 18.8. The molecule has 0 aromatic carbocycles. The molecular formula is C14H34O2S2Si2. The fourth-order valence-corrected chi connectivity index (χ4v) is 7.04. The maximum Gasteiger partial charge on any atom is 0.167 e. The maximum absolute atomic E-state index is 5.67. The Hall–Kier alpha value is 1.05. The highest BCUT2D eigenvalue weighted by molar-refractivity contribution is 8.76. The van der Waals surface area contributed by atoms with Crippen molar-refractivity contribution in [1.82, 2.24) is 0 Å². The van der Waals surface area contributed by atoms with Crippen molar-refractivity contribution in [3.63, 3.8) is 0 Å². The fourth-order valence-electron chi connectivity index (χ4n) is 1.65. The number of rotatable bonds is 13. The minimum atomic E-state index is -0.366. The van der Waals surface area contributed by atoms with Gasteiger partial charge >= 0.3 is 0 Å². The lowest BCUT2D eigenvalue weighted by molar-refractivity contribution is 0.338. The lowest BCUT2D eigenvalue weighted by Gasteiger charge is -2.24. The van der Waals surface area contributed by atoms with Crippen LogP contribution in [0, 0.1) is 0 Å². The van der Waals surface area contributed by atoms with Crippen LogP contribution in [0.3, 0.4) is 0 Å². The quantitative estimate of drug-likeness (QED) is 0.284. The summed E-state index contributed by atoms with van der Waals surface area (Å²) < 4.78 is 11.3. The molecule has 0 saturated carbocycles. The van der Waals surface area contributed by atoms with Crippen LogP contribution in [0.2, 0.25) is 10.1 Å². The largest absolute Gasteiger partial charge is 0.424 e. The van der Waals surface area contributed by atoms with Gasteiger partial charge in [-0.1, -0.05) is 49.3 Å². The molecule has 0 aromatic heterocycles. The molecule has 0 bridgehead atoms. The summed E-state index contributed by atoms with van der Waals surface area (Å²) in [6.07, 6.45) is 2.57. The Morgan fingerprint density at radius 1 is 0.750 bits per heavy atom. The molecule has 0 unspecified atom stereocenters. The first-order valence-corrected chi connectivity index (χ1v) is 12.8. The van der Waals surface area contributed by atoms with Crippen molar-refractivity contribution in [2.45, 2.75) is 64.5 Å². The molecule has 122 valence electrons. The topological polar surface area (TPSA) is 18.5 Å². The average Bonchev–Trinajstić information content (AvgIpc) is 2.38. The molecule has 0 aliphatic rings. The number of hydrogen-bond acceptors (Lipinski definition) is 4. The Kier molecular flexibility index (Phi) is 12.2. The molecule has 0 aromatic rings. The van der Waals surface area contributed by atoms with Crippen LogP contribution in [0.25, 0.3) is 0 Å². The Labute approximate surface area is 139 Å². The van der Waals surface area contributed by atoms with Crippen molar-refractivity contribution in [2.75, 3.05) is 24.7 Å². The molecule has 0 rings (SSSR count). The van der Waals surface area contributed by atoms with E-state index in [4.69, 9.17) is 8.85 Å². The molecule has 0 aliphatic heterocycles. The highest BCUT2D eigenvalue weighted by atomic mass is 33.1. The lowest BCUT2D eigenvalue weighted by atomic mass is 10.1. The van der Waals surface area contributed by atoms with E-state index in [1.165, 1.54) is 24.3 Å². The zero-order chi connectivity index (χ0) is 15.5. The summed E-state index contributed by atoms with van der Waals surface area (Å²) in [7, 11) is 3.34. The van der Waals surface area contributed by atoms with E-state index in [1.54, 1.807) is 0 Å². The van der Waals surface area contributed by atoms with E-state index in [-0.39, 0.29) is 19.5 Å². The highest BCUT2D eigenvalue weighted by Crippen LogP contribution is 2.36. The van der Waals surface area contributed by atoms with Crippen LogP contribution in [0.5, 0.6) is 0 Å². The molecule has 20 heavy (non-hydrogen) atoms. The predicted molar refractivity (Wildman–Crippen MR) is 103 cm³/mol. The van der Waals surface area contributed by atoms with Gasteiger partial charge in [0.1, 0.15) is 0 Å². The van der Waals surface area contributed by atoms with Crippen LogP contribution in [0.15, 0.2) is 0 Å². The summed E-state index contributed by atoms with van der Waals surface area (Å²) in [5, 5.41) is 0.898. The van der Waals surface area contributed by atoms with Crippen molar-refractivity contribution < 1.29 is 8.85 Å². The van der Waals surface area contributed by atoms with Gasteiger partial charge in [0, 0.05) is 24.7 Å². The second kappa shape index (κ2) is 11.6. The Morgan fingerprint density at radius 3 is 1.40 bits per heavy atom. The van der Waals surface area contributed by atoms with Gasteiger partial charge in [-0.05, 0) is 36.8 Å². The fraction of sp³-hybridized carbons (Fsp3) is 1.00. The summed E-state index contributed by atoms with van der Waals surface area (Å²) in [6, 6.07) is 0. The van der Waals surface area contributed by atoms with Crippen molar-refractivity contribution in [2.24, 2.45) is 0 Å². The van der Waals surface area contributed by atoms with Crippen LogP contribution in [-0.2, 0) is 8.85 Å². The predicted octanol–water partition coefficient (Wildman–Crippen LogP) is 3.79. The van der Waals surface area contributed by atoms with Crippen molar-refractivity contribution in [3.05, 3.63) is 0 Å². The normalized spacial score (nSPS) is 14.1. The smallest absolute Gasteiger partial charge is 0.167 e. The van der Waals surface area contributed by atoms with Gasteiger partial charge in [-0.25, -0.2) is 0 Å². The molecular weight excluding hydrogens is 320 g/mol. The molecule has 0 spiro atoms. The van der Waals surface area contributed by atoms with E-state index in [0.29, 0.717) is 10.1 Å². The first-order valence-electron chi connectivity index (χ1n) is 7.73. The summed E-state index contributed by atoms with van der Waals surface area (Å²) in [5.41, 5.74) is 0. The summed E-state index contributed by atoms with van der Waals surface area (Å²) >= 11 is 0. The SMILES string of the molecule is CCO[SiH2]C(C)(C)CCSSCCC(C)(C)[SiH2]OCC. The lowest BCUT2D eigenvalue weighted by Crippen LogP contribution is -2.17. The number of hydrogen-bond donors (Lipinski definition) is 0. The molecule has 0 aliphatic carbocycles. The van der Waals surface area contributed by atoms with Gasteiger partial charge in [-0.3, -0.25) is 0 Å². The maximum atomic E-state index is 5.67. The average molecular weight is 355 g/mol. The van der Waals surface area contributed by atoms with Crippen LogP contribution < -0.4 is 0 Å². The third-order valence-electron chi connectivity index (χ3n) is 3.20. The summed E-state index contributed by atoms with van der Waals surface area (Å²) in [5.74, 6) is 2.50. The molecule has 0 saturated heterocycles. The van der Waals surface area contributed by atoms with Gasteiger partial charge in [0.25, 0.3) is 0 Å². The second-order valence-corrected chi connectivity index (χ2v) is 14.7. The van der Waals surface area contributed by atoms with Gasteiger partial charge in [-0.2, -0.15) is 0 Å². The van der Waals surface area contributed by atoms with Crippen molar-refractivity contribution in [3.8, 4) is 0 Å². The Morgan fingerprint density at radius 2 is 1.10 bits per heavy atom. The molecule has 0 heterocycles. The van der Waals surface area contributed by atoms with Gasteiger partial charge in [0.15, 0.2) is 19.5 Å². The van der Waals surface area contributed by atoms with E-state index in [0.717, 1.165) is 13.2 Å². The zero-order valence-electron chi connectivity index (χ0n) is 14.3. The first kappa shape index (κ1) is 21.1. The van der Waals surface area contributed by atoms with Gasteiger partial charge in [-0.15, -0.1) is 0 Å². The van der Waals surface area contributed by atoms with Gasteiger partial charge in [0.05, 0.1) is 0 Å². The minimum absolute atomic E-state index is 0.366.